The monoisotopic (exact) mass is 421 g/mol. The summed E-state index contributed by atoms with van der Waals surface area (Å²) in [5, 5.41) is 17.7. The Balaban J connectivity index is 1.42. The van der Waals surface area contributed by atoms with E-state index in [1.165, 1.54) is 23.1 Å². The molecular formula is C18H23N5O3S2. The molecule has 1 fully saturated rings. The lowest BCUT2D eigenvalue weighted by Gasteiger charge is -2.14. The van der Waals surface area contributed by atoms with Gasteiger partial charge in [-0.3, -0.25) is 9.59 Å². The van der Waals surface area contributed by atoms with Gasteiger partial charge >= 0.3 is 0 Å². The van der Waals surface area contributed by atoms with Crippen LogP contribution in [0.15, 0.2) is 28.6 Å². The summed E-state index contributed by atoms with van der Waals surface area (Å²) in [6.07, 6.45) is 2.56. The average Bonchev–Trinajstić information content (AvgIpc) is 3.08. The van der Waals surface area contributed by atoms with E-state index in [1.807, 2.05) is 24.3 Å². The minimum absolute atomic E-state index is 0.100. The average molecular weight is 422 g/mol. The van der Waals surface area contributed by atoms with Gasteiger partial charge in [0.05, 0.1) is 12.9 Å². The Morgan fingerprint density at radius 2 is 2.14 bits per heavy atom. The highest BCUT2D eigenvalue weighted by molar-refractivity contribution is 8.01. The number of methoxy groups -OCH3 is 1. The molecule has 1 atom stereocenters. The zero-order chi connectivity index (χ0) is 19.8. The molecule has 10 heteroatoms. The van der Waals surface area contributed by atoms with E-state index in [-0.39, 0.29) is 17.6 Å². The molecule has 0 aliphatic carbocycles. The summed E-state index contributed by atoms with van der Waals surface area (Å²) < 4.78 is 5.85. The van der Waals surface area contributed by atoms with Crippen molar-refractivity contribution < 1.29 is 14.3 Å². The second-order valence-corrected chi connectivity index (χ2v) is 8.47. The van der Waals surface area contributed by atoms with Gasteiger partial charge in [0, 0.05) is 13.1 Å². The first-order valence-corrected chi connectivity index (χ1v) is 10.8. The normalized spacial score (nSPS) is 16.8. The van der Waals surface area contributed by atoms with Gasteiger partial charge in [-0.05, 0) is 37.0 Å². The minimum Gasteiger partial charge on any atom is -0.497 e. The molecule has 150 valence electrons. The maximum Gasteiger partial charge on any atom is 0.242 e. The molecule has 2 amide bonds. The molecule has 1 aromatic carbocycles. The summed E-state index contributed by atoms with van der Waals surface area (Å²) in [6.45, 7) is 1.30. The van der Waals surface area contributed by atoms with Gasteiger partial charge in [0.15, 0.2) is 4.34 Å². The minimum atomic E-state index is -0.438. The van der Waals surface area contributed by atoms with E-state index in [4.69, 9.17) is 4.74 Å². The van der Waals surface area contributed by atoms with Crippen molar-refractivity contribution in [2.24, 2.45) is 0 Å². The van der Waals surface area contributed by atoms with E-state index >= 15 is 0 Å². The standard InChI is InChI=1S/C18H23N5O3S2/c1-26-13-7-5-12(6-8-13)10-20-17-22-23-18(28-17)27-11-15(24)21-14-4-2-3-9-19-16(14)25/h5-8,14H,2-4,9-11H2,1H3,(H,19,25)(H,20,22)(H,21,24)/t14-/m1/s1. The summed E-state index contributed by atoms with van der Waals surface area (Å²) in [6, 6.07) is 7.34. The summed E-state index contributed by atoms with van der Waals surface area (Å²) in [5.74, 6) is 0.751. The molecule has 0 unspecified atom stereocenters. The lowest BCUT2D eigenvalue weighted by atomic mass is 10.1. The zero-order valence-corrected chi connectivity index (χ0v) is 17.2. The maximum atomic E-state index is 12.1. The number of thioether (sulfide) groups is 1. The lowest BCUT2D eigenvalue weighted by Crippen LogP contribution is -2.46. The number of carbonyl (C=O) groups is 2. The largest absolute Gasteiger partial charge is 0.497 e. The number of benzene rings is 1. The fourth-order valence-electron chi connectivity index (χ4n) is 2.70. The molecule has 0 radical (unpaired) electrons. The highest BCUT2D eigenvalue weighted by Crippen LogP contribution is 2.25. The molecule has 0 saturated carbocycles. The molecule has 8 nitrogen and oxygen atoms in total. The van der Waals surface area contributed by atoms with E-state index in [9.17, 15) is 9.59 Å². The molecule has 3 N–H and O–H groups in total. The quantitative estimate of drug-likeness (QED) is 0.560. The van der Waals surface area contributed by atoms with Crippen LogP contribution in [0.1, 0.15) is 24.8 Å². The molecule has 2 heterocycles. The molecular weight excluding hydrogens is 398 g/mol. The van der Waals surface area contributed by atoms with E-state index < -0.39 is 6.04 Å². The zero-order valence-electron chi connectivity index (χ0n) is 15.6. The highest BCUT2D eigenvalue weighted by Gasteiger charge is 2.22. The Morgan fingerprint density at radius 1 is 1.32 bits per heavy atom. The Kier molecular flexibility index (Phi) is 7.49. The number of nitrogens with one attached hydrogen (secondary N) is 3. The number of rotatable bonds is 8. The number of hydrogen-bond donors (Lipinski definition) is 3. The fraction of sp³-hybridized carbons (Fsp3) is 0.444. The summed E-state index contributed by atoms with van der Waals surface area (Å²) in [5.41, 5.74) is 1.10. The first-order chi connectivity index (χ1) is 13.6. The van der Waals surface area contributed by atoms with Crippen molar-refractivity contribution in [2.75, 3.05) is 24.7 Å². The third-order valence-electron chi connectivity index (χ3n) is 4.21. The molecule has 0 bridgehead atoms. The van der Waals surface area contributed by atoms with Crippen molar-refractivity contribution in [3.63, 3.8) is 0 Å². The first kappa shape index (κ1) is 20.4. The van der Waals surface area contributed by atoms with Crippen LogP contribution in [0.25, 0.3) is 0 Å². The molecule has 1 aliphatic heterocycles. The van der Waals surface area contributed by atoms with Gasteiger partial charge in [-0.15, -0.1) is 10.2 Å². The maximum absolute atomic E-state index is 12.1. The summed E-state index contributed by atoms with van der Waals surface area (Å²) in [4.78, 5) is 24.0. The Bertz CT molecular complexity index is 797. The van der Waals surface area contributed by atoms with Gasteiger partial charge < -0.3 is 20.7 Å². The van der Waals surface area contributed by atoms with Gasteiger partial charge in [0.1, 0.15) is 11.8 Å². The first-order valence-electron chi connectivity index (χ1n) is 9.04. The van der Waals surface area contributed by atoms with Crippen LogP contribution < -0.4 is 20.7 Å². The molecule has 3 rings (SSSR count). The van der Waals surface area contributed by atoms with E-state index in [2.05, 4.69) is 26.1 Å². The molecule has 2 aromatic rings. The van der Waals surface area contributed by atoms with Gasteiger partial charge in [-0.1, -0.05) is 35.2 Å². The summed E-state index contributed by atoms with van der Waals surface area (Å²) >= 11 is 2.71. The lowest BCUT2D eigenvalue weighted by molar-refractivity contribution is -0.127. The Hall–Kier alpha value is -2.33. The molecule has 1 aliphatic rings. The number of amides is 2. The molecule has 28 heavy (non-hydrogen) atoms. The van der Waals surface area contributed by atoms with Crippen molar-refractivity contribution in [1.82, 2.24) is 20.8 Å². The Morgan fingerprint density at radius 3 is 2.93 bits per heavy atom. The van der Waals surface area contributed by atoms with Crippen molar-refractivity contribution in [3.8, 4) is 5.75 Å². The third-order valence-corrected chi connectivity index (χ3v) is 6.22. The van der Waals surface area contributed by atoms with Crippen LogP contribution in [0.5, 0.6) is 5.75 Å². The second-order valence-electron chi connectivity index (χ2n) is 6.27. The van der Waals surface area contributed by atoms with Gasteiger partial charge in [-0.2, -0.15) is 0 Å². The van der Waals surface area contributed by atoms with E-state index in [0.29, 0.717) is 29.0 Å². The number of anilines is 1. The number of hydrogen-bond acceptors (Lipinski definition) is 8. The number of ether oxygens (including phenoxy) is 1. The van der Waals surface area contributed by atoms with Crippen molar-refractivity contribution >= 4 is 40.0 Å². The SMILES string of the molecule is COc1ccc(CNc2nnc(SCC(=O)N[C@@H]3CCCCNC3=O)s2)cc1. The van der Waals surface area contributed by atoms with Crippen LogP contribution in [0, 0.1) is 0 Å². The highest BCUT2D eigenvalue weighted by atomic mass is 32.2. The van der Waals surface area contributed by atoms with Gasteiger partial charge in [-0.25, -0.2) is 0 Å². The smallest absolute Gasteiger partial charge is 0.242 e. The number of nitrogens with zero attached hydrogens (tertiary/aromatic N) is 2. The number of aromatic nitrogens is 2. The van der Waals surface area contributed by atoms with E-state index in [0.717, 1.165) is 24.2 Å². The summed E-state index contributed by atoms with van der Waals surface area (Å²) in [7, 11) is 1.64. The van der Waals surface area contributed by atoms with Crippen LogP contribution in [0.4, 0.5) is 5.13 Å². The molecule has 1 aromatic heterocycles. The second kappa shape index (κ2) is 10.3. The third kappa shape index (κ3) is 6.10. The van der Waals surface area contributed by atoms with Gasteiger partial charge in [0.2, 0.25) is 16.9 Å². The van der Waals surface area contributed by atoms with Crippen molar-refractivity contribution in [1.29, 1.82) is 0 Å². The fourth-order valence-corrected chi connectivity index (χ4v) is 4.26. The predicted octanol–water partition coefficient (Wildman–Crippen LogP) is 2.04. The molecule has 1 saturated heterocycles. The van der Waals surface area contributed by atoms with Crippen molar-refractivity contribution in [2.45, 2.75) is 36.2 Å². The van der Waals surface area contributed by atoms with Crippen molar-refractivity contribution in [3.05, 3.63) is 29.8 Å². The van der Waals surface area contributed by atoms with Crippen LogP contribution >= 0.6 is 23.1 Å². The Labute approximate surface area is 171 Å². The van der Waals surface area contributed by atoms with Crippen LogP contribution in [-0.2, 0) is 16.1 Å². The van der Waals surface area contributed by atoms with Crippen LogP contribution in [0.2, 0.25) is 0 Å². The molecule has 0 spiro atoms. The van der Waals surface area contributed by atoms with E-state index in [1.54, 1.807) is 7.11 Å². The van der Waals surface area contributed by atoms with Crippen LogP contribution in [-0.4, -0.2) is 47.5 Å². The topological polar surface area (TPSA) is 105 Å². The number of carbonyl (C=O) groups excluding carboxylic acids is 2. The van der Waals surface area contributed by atoms with Gasteiger partial charge in [0.25, 0.3) is 0 Å². The van der Waals surface area contributed by atoms with Crippen LogP contribution in [0.3, 0.4) is 0 Å². The predicted molar refractivity (Wildman–Crippen MR) is 110 cm³/mol.